The quantitative estimate of drug-likeness (QED) is 0.839. The average Bonchev–Trinajstić information content (AvgIpc) is 2.55. The van der Waals surface area contributed by atoms with Gasteiger partial charge in [0.1, 0.15) is 5.75 Å². The van der Waals surface area contributed by atoms with E-state index in [1.54, 1.807) is 7.11 Å². The summed E-state index contributed by atoms with van der Waals surface area (Å²) in [5.74, 6) is 2.21. The molecule has 118 valence electrons. The predicted molar refractivity (Wildman–Crippen MR) is 88.3 cm³/mol. The van der Waals surface area contributed by atoms with Gasteiger partial charge in [0.15, 0.2) is 0 Å². The van der Waals surface area contributed by atoms with Gasteiger partial charge in [-0.3, -0.25) is 4.21 Å². The third-order valence-corrected chi connectivity index (χ3v) is 5.80. The van der Waals surface area contributed by atoms with Gasteiger partial charge in [-0.1, -0.05) is 26.2 Å². The van der Waals surface area contributed by atoms with Crippen LogP contribution in [0.3, 0.4) is 0 Å². The van der Waals surface area contributed by atoms with E-state index >= 15 is 0 Å². The van der Waals surface area contributed by atoms with Crippen LogP contribution in [0.1, 0.15) is 39.0 Å². The highest BCUT2D eigenvalue weighted by Crippen LogP contribution is 2.27. The van der Waals surface area contributed by atoms with Crippen molar-refractivity contribution in [3.63, 3.8) is 0 Å². The standard InChI is InChI=1S/C17H27NO2S/c1-3-18-17(14-7-5-4-6-8-14)13-21(19)16-11-9-15(20-2)10-12-16/h9-12,14,17-18H,3-8,13H2,1-2H3. The van der Waals surface area contributed by atoms with Crippen molar-refractivity contribution in [2.45, 2.75) is 50.0 Å². The van der Waals surface area contributed by atoms with Gasteiger partial charge in [-0.05, 0) is 49.6 Å². The Hall–Kier alpha value is -0.870. The zero-order valence-corrected chi connectivity index (χ0v) is 14.0. The van der Waals surface area contributed by atoms with E-state index in [0.717, 1.165) is 17.2 Å². The molecule has 0 bridgehead atoms. The SMILES string of the molecule is CCNC(CS(=O)c1ccc(OC)cc1)C1CCCCC1. The first-order valence-electron chi connectivity index (χ1n) is 8.00. The Morgan fingerprint density at radius 2 is 1.90 bits per heavy atom. The minimum atomic E-state index is -0.945. The molecule has 0 amide bonds. The monoisotopic (exact) mass is 309 g/mol. The second-order valence-corrected chi connectivity index (χ2v) is 7.25. The molecule has 0 radical (unpaired) electrons. The molecule has 2 atom stereocenters. The zero-order valence-electron chi connectivity index (χ0n) is 13.1. The van der Waals surface area contributed by atoms with Crippen LogP contribution in [-0.4, -0.2) is 29.7 Å². The van der Waals surface area contributed by atoms with Crippen LogP contribution >= 0.6 is 0 Å². The van der Waals surface area contributed by atoms with E-state index < -0.39 is 10.8 Å². The zero-order chi connectivity index (χ0) is 15.1. The van der Waals surface area contributed by atoms with Crippen molar-refractivity contribution in [3.8, 4) is 5.75 Å². The van der Waals surface area contributed by atoms with Gasteiger partial charge >= 0.3 is 0 Å². The Labute approximate surface area is 130 Å². The smallest absolute Gasteiger partial charge is 0.118 e. The van der Waals surface area contributed by atoms with Crippen LogP contribution < -0.4 is 10.1 Å². The fourth-order valence-corrected chi connectivity index (χ4v) is 4.50. The molecule has 1 aliphatic carbocycles. The summed E-state index contributed by atoms with van der Waals surface area (Å²) >= 11 is 0. The summed E-state index contributed by atoms with van der Waals surface area (Å²) in [7, 11) is 0.704. The lowest BCUT2D eigenvalue weighted by molar-refractivity contribution is 0.287. The second kappa shape index (κ2) is 8.54. The molecule has 1 aromatic rings. The van der Waals surface area contributed by atoms with Gasteiger partial charge in [-0.15, -0.1) is 0 Å². The minimum Gasteiger partial charge on any atom is -0.497 e. The first-order valence-corrected chi connectivity index (χ1v) is 9.32. The van der Waals surface area contributed by atoms with Gasteiger partial charge in [-0.25, -0.2) is 0 Å². The first kappa shape index (κ1) is 16.5. The number of hydrogen-bond donors (Lipinski definition) is 1. The number of hydrogen-bond acceptors (Lipinski definition) is 3. The Balaban J connectivity index is 1.99. The van der Waals surface area contributed by atoms with Crippen molar-refractivity contribution in [2.75, 3.05) is 19.4 Å². The molecule has 1 N–H and O–H groups in total. The maximum atomic E-state index is 12.6. The molecule has 0 heterocycles. The predicted octanol–water partition coefficient (Wildman–Crippen LogP) is 3.36. The minimum absolute atomic E-state index is 0.373. The van der Waals surface area contributed by atoms with Gasteiger partial charge in [0, 0.05) is 16.7 Å². The van der Waals surface area contributed by atoms with Gasteiger partial charge in [0.05, 0.1) is 17.9 Å². The van der Waals surface area contributed by atoms with Crippen LogP contribution in [-0.2, 0) is 10.8 Å². The summed E-state index contributed by atoms with van der Waals surface area (Å²) < 4.78 is 17.8. The van der Waals surface area contributed by atoms with Crippen molar-refractivity contribution in [3.05, 3.63) is 24.3 Å². The van der Waals surface area contributed by atoms with Crippen LogP contribution in [0.15, 0.2) is 29.2 Å². The van der Waals surface area contributed by atoms with E-state index in [0.29, 0.717) is 17.7 Å². The topological polar surface area (TPSA) is 38.3 Å². The molecular weight excluding hydrogens is 282 g/mol. The number of ether oxygens (including phenoxy) is 1. The van der Waals surface area contributed by atoms with Crippen molar-refractivity contribution in [1.29, 1.82) is 0 Å². The van der Waals surface area contributed by atoms with Crippen molar-refractivity contribution >= 4 is 10.8 Å². The molecule has 0 saturated heterocycles. The van der Waals surface area contributed by atoms with Gasteiger partial charge in [0.25, 0.3) is 0 Å². The highest BCUT2D eigenvalue weighted by molar-refractivity contribution is 7.85. The Morgan fingerprint density at radius 3 is 2.48 bits per heavy atom. The third kappa shape index (κ3) is 4.82. The second-order valence-electron chi connectivity index (χ2n) is 5.75. The van der Waals surface area contributed by atoms with Crippen molar-refractivity contribution < 1.29 is 8.95 Å². The molecule has 21 heavy (non-hydrogen) atoms. The van der Waals surface area contributed by atoms with Gasteiger partial charge < -0.3 is 10.1 Å². The fourth-order valence-electron chi connectivity index (χ4n) is 3.15. The van der Waals surface area contributed by atoms with Crippen LogP contribution in [0.25, 0.3) is 0 Å². The summed E-state index contributed by atoms with van der Waals surface area (Å²) in [4.78, 5) is 0.898. The summed E-state index contributed by atoms with van der Waals surface area (Å²) in [6.45, 7) is 3.08. The van der Waals surface area contributed by atoms with Gasteiger partial charge in [0.2, 0.25) is 0 Å². The number of nitrogens with one attached hydrogen (secondary N) is 1. The van der Waals surface area contributed by atoms with E-state index in [-0.39, 0.29) is 0 Å². The lowest BCUT2D eigenvalue weighted by Crippen LogP contribution is -2.41. The Morgan fingerprint density at radius 1 is 1.24 bits per heavy atom. The summed E-state index contributed by atoms with van der Waals surface area (Å²) in [6.07, 6.45) is 6.55. The fraction of sp³-hybridized carbons (Fsp3) is 0.647. The molecule has 0 spiro atoms. The molecule has 0 aromatic heterocycles. The molecule has 0 aliphatic heterocycles. The van der Waals surface area contributed by atoms with E-state index in [1.807, 2.05) is 24.3 Å². The van der Waals surface area contributed by atoms with Gasteiger partial charge in [-0.2, -0.15) is 0 Å². The first-order chi connectivity index (χ1) is 10.2. The molecule has 3 nitrogen and oxygen atoms in total. The van der Waals surface area contributed by atoms with Crippen LogP contribution in [0.5, 0.6) is 5.75 Å². The van der Waals surface area contributed by atoms with Crippen LogP contribution in [0.4, 0.5) is 0 Å². The molecule has 2 unspecified atom stereocenters. The number of benzene rings is 1. The molecule has 1 aliphatic rings. The highest BCUT2D eigenvalue weighted by atomic mass is 32.2. The molecule has 4 heteroatoms. The number of methoxy groups -OCH3 is 1. The average molecular weight is 309 g/mol. The van der Waals surface area contributed by atoms with Crippen molar-refractivity contribution in [2.24, 2.45) is 5.92 Å². The van der Waals surface area contributed by atoms with E-state index in [1.165, 1.54) is 32.1 Å². The van der Waals surface area contributed by atoms with Crippen LogP contribution in [0, 0.1) is 5.92 Å². The van der Waals surface area contributed by atoms with Crippen molar-refractivity contribution in [1.82, 2.24) is 5.32 Å². The molecule has 2 rings (SSSR count). The summed E-state index contributed by atoms with van der Waals surface area (Å²) in [6, 6.07) is 7.97. The normalized spacial score (nSPS) is 19.1. The third-order valence-electron chi connectivity index (χ3n) is 4.34. The summed E-state index contributed by atoms with van der Waals surface area (Å²) in [5.41, 5.74) is 0. The largest absolute Gasteiger partial charge is 0.497 e. The Bertz CT molecular complexity index is 441. The van der Waals surface area contributed by atoms with E-state index in [2.05, 4.69) is 12.2 Å². The lowest BCUT2D eigenvalue weighted by Gasteiger charge is -2.30. The maximum Gasteiger partial charge on any atom is 0.118 e. The molecule has 1 saturated carbocycles. The van der Waals surface area contributed by atoms with Crippen LogP contribution in [0.2, 0.25) is 0 Å². The molecular formula is C17H27NO2S. The molecule has 1 fully saturated rings. The number of rotatable bonds is 7. The lowest BCUT2D eigenvalue weighted by atomic mass is 9.84. The molecule has 1 aromatic carbocycles. The maximum absolute atomic E-state index is 12.6. The Kier molecular flexibility index (Phi) is 6.71. The van der Waals surface area contributed by atoms with E-state index in [9.17, 15) is 4.21 Å². The highest BCUT2D eigenvalue weighted by Gasteiger charge is 2.25. The van der Waals surface area contributed by atoms with E-state index in [4.69, 9.17) is 4.74 Å². The summed E-state index contributed by atoms with van der Waals surface area (Å²) in [5, 5.41) is 3.56.